The molecule has 1 aliphatic rings. The Hall–Kier alpha value is -2.68. The van der Waals surface area contributed by atoms with E-state index in [1.54, 1.807) is 12.4 Å². The summed E-state index contributed by atoms with van der Waals surface area (Å²) in [6.07, 6.45) is 16.2. The van der Waals surface area contributed by atoms with Crippen molar-refractivity contribution in [3.05, 3.63) is 85.0 Å². The lowest BCUT2D eigenvalue weighted by molar-refractivity contribution is 0.627. The van der Waals surface area contributed by atoms with E-state index in [9.17, 15) is 0 Å². The van der Waals surface area contributed by atoms with Crippen LogP contribution in [0.1, 0.15) is 13.8 Å². The second-order valence-electron chi connectivity index (χ2n) is 5.83. The van der Waals surface area contributed by atoms with Crippen LogP contribution in [0.25, 0.3) is 0 Å². The van der Waals surface area contributed by atoms with Crippen molar-refractivity contribution in [2.45, 2.75) is 13.8 Å². The lowest BCUT2D eigenvalue weighted by Gasteiger charge is -2.24. The molecule has 110 valence electrons. The third-order valence-corrected chi connectivity index (χ3v) is 3.53. The second-order valence-corrected chi connectivity index (χ2v) is 5.83. The minimum atomic E-state index is 0.0479. The van der Waals surface area contributed by atoms with E-state index in [2.05, 4.69) is 59.1 Å². The summed E-state index contributed by atoms with van der Waals surface area (Å²) in [6.45, 7) is 4.38. The number of anilines is 2. The van der Waals surface area contributed by atoms with Gasteiger partial charge in [0.25, 0.3) is 0 Å². The third kappa shape index (κ3) is 3.14. The lowest BCUT2D eigenvalue weighted by Crippen LogP contribution is -2.16. The molecule has 22 heavy (non-hydrogen) atoms. The average Bonchev–Trinajstić information content (AvgIpc) is 2.71. The fourth-order valence-corrected chi connectivity index (χ4v) is 2.35. The van der Waals surface area contributed by atoms with Gasteiger partial charge in [0.15, 0.2) is 0 Å². The van der Waals surface area contributed by atoms with Crippen molar-refractivity contribution in [3.8, 4) is 0 Å². The highest BCUT2D eigenvalue weighted by Gasteiger charge is 2.17. The van der Waals surface area contributed by atoms with E-state index in [1.807, 2.05) is 36.5 Å². The Morgan fingerprint density at radius 3 is 2.50 bits per heavy atom. The van der Waals surface area contributed by atoms with Crippen LogP contribution in [-0.2, 0) is 0 Å². The van der Waals surface area contributed by atoms with Gasteiger partial charge in [0.05, 0.1) is 5.69 Å². The second kappa shape index (κ2) is 5.98. The predicted molar refractivity (Wildman–Crippen MR) is 90.8 cm³/mol. The van der Waals surface area contributed by atoms with E-state index in [0.717, 1.165) is 17.2 Å². The largest absolute Gasteiger partial charge is 0.295 e. The molecule has 0 aromatic carbocycles. The molecular weight excluding hydrogens is 270 g/mol. The normalized spacial score (nSPS) is 16.0. The highest BCUT2D eigenvalue weighted by molar-refractivity contribution is 5.67. The Bertz CT molecular complexity index is 673. The molecule has 2 aromatic rings. The molecule has 0 radical (unpaired) electrons. The van der Waals surface area contributed by atoms with Crippen LogP contribution in [0.2, 0.25) is 0 Å². The standard InChI is InChI=1S/C19H19N3/c1-19(2)11-5-6-16(8-12-19)22(17-9-14-20-15-10-17)18-7-3-4-13-21-18/h3-15H,1-2H3. The first-order valence-electron chi connectivity index (χ1n) is 7.36. The van der Waals surface area contributed by atoms with E-state index in [1.165, 1.54) is 0 Å². The molecule has 0 saturated heterocycles. The van der Waals surface area contributed by atoms with Gasteiger partial charge in [0.1, 0.15) is 5.82 Å². The van der Waals surface area contributed by atoms with Gasteiger partial charge >= 0.3 is 0 Å². The minimum absolute atomic E-state index is 0.0479. The van der Waals surface area contributed by atoms with Crippen LogP contribution in [0.15, 0.2) is 85.0 Å². The SMILES string of the molecule is CC1(C)C=CC=C(N(c2ccncc2)c2ccccn2)C=C1. The number of nitrogens with zero attached hydrogens (tertiary/aromatic N) is 3. The van der Waals surface area contributed by atoms with Crippen LogP contribution in [0.4, 0.5) is 11.5 Å². The fourth-order valence-electron chi connectivity index (χ4n) is 2.35. The molecule has 0 bridgehead atoms. The quantitative estimate of drug-likeness (QED) is 0.823. The lowest BCUT2D eigenvalue weighted by atomic mass is 9.93. The Morgan fingerprint density at radius 2 is 1.77 bits per heavy atom. The van der Waals surface area contributed by atoms with Gasteiger partial charge in [-0.05, 0) is 36.4 Å². The Morgan fingerprint density at radius 1 is 0.955 bits per heavy atom. The number of hydrogen-bond acceptors (Lipinski definition) is 3. The first-order chi connectivity index (χ1) is 10.7. The van der Waals surface area contributed by atoms with Gasteiger partial charge in [-0.15, -0.1) is 0 Å². The maximum Gasteiger partial charge on any atom is 0.137 e. The number of hydrogen-bond donors (Lipinski definition) is 0. The Balaban J connectivity index is 2.08. The fraction of sp³-hybridized carbons (Fsp3) is 0.158. The van der Waals surface area contributed by atoms with Crippen LogP contribution in [0, 0.1) is 5.41 Å². The zero-order valence-corrected chi connectivity index (χ0v) is 12.8. The molecule has 2 heterocycles. The molecule has 3 nitrogen and oxygen atoms in total. The molecule has 3 rings (SSSR count). The van der Waals surface area contributed by atoms with Crippen LogP contribution < -0.4 is 4.90 Å². The van der Waals surface area contributed by atoms with Gasteiger partial charge in [-0.1, -0.05) is 38.1 Å². The topological polar surface area (TPSA) is 29.0 Å². The summed E-state index contributed by atoms with van der Waals surface area (Å²) < 4.78 is 0. The van der Waals surface area contributed by atoms with Gasteiger partial charge in [-0.2, -0.15) is 0 Å². The molecule has 0 atom stereocenters. The van der Waals surface area contributed by atoms with E-state index in [0.29, 0.717) is 0 Å². The molecule has 0 N–H and O–H groups in total. The molecule has 0 unspecified atom stereocenters. The predicted octanol–water partition coefficient (Wildman–Crippen LogP) is 4.65. The van der Waals surface area contributed by atoms with Gasteiger partial charge in [-0.3, -0.25) is 9.88 Å². The summed E-state index contributed by atoms with van der Waals surface area (Å²) in [5, 5.41) is 0. The van der Waals surface area contributed by atoms with E-state index < -0.39 is 0 Å². The van der Waals surface area contributed by atoms with Crippen LogP contribution in [-0.4, -0.2) is 9.97 Å². The van der Waals surface area contributed by atoms with Crippen molar-refractivity contribution in [1.29, 1.82) is 0 Å². The summed E-state index contributed by atoms with van der Waals surface area (Å²) in [5.41, 5.74) is 2.16. The van der Waals surface area contributed by atoms with Gasteiger partial charge in [0, 0.05) is 29.7 Å². The third-order valence-electron chi connectivity index (χ3n) is 3.53. The molecule has 0 spiro atoms. The van der Waals surface area contributed by atoms with Gasteiger partial charge in [-0.25, -0.2) is 4.98 Å². The van der Waals surface area contributed by atoms with Crippen LogP contribution in [0.5, 0.6) is 0 Å². The number of pyridine rings is 2. The van der Waals surface area contributed by atoms with E-state index >= 15 is 0 Å². The summed E-state index contributed by atoms with van der Waals surface area (Å²) >= 11 is 0. The Labute approximate surface area is 131 Å². The number of allylic oxidation sites excluding steroid dienone is 5. The molecule has 3 heteroatoms. The molecular formula is C19H19N3. The first kappa shape index (κ1) is 14.3. The van der Waals surface area contributed by atoms with Crippen LogP contribution >= 0.6 is 0 Å². The highest BCUT2D eigenvalue weighted by atomic mass is 15.2. The van der Waals surface area contributed by atoms with Gasteiger partial charge in [0.2, 0.25) is 0 Å². The van der Waals surface area contributed by atoms with Crippen molar-refractivity contribution in [3.63, 3.8) is 0 Å². The van der Waals surface area contributed by atoms with Crippen molar-refractivity contribution in [2.24, 2.45) is 5.41 Å². The first-order valence-corrected chi connectivity index (χ1v) is 7.36. The molecule has 2 aromatic heterocycles. The summed E-state index contributed by atoms with van der Waals surface area (Å²) in [6, 6.07) is 9.91. The molecule has 1 aliphatic carbocycles. The smallest absolute Gasteiger partial charge is 0.137 e. The Kier molecular flexibility index (Phi) is 3.88. The van der Waals surface area contributed by atoms with Crippen molar-refractivity contribution < 1.29 is 0 Å². The molecule has 0 saturated carbocycles. The zero-order chi connectivity index (χ0) is 15.4. The monoisotopic (exact) mass is 289 g/mol. The molecule has 0 fully saturated rings. The maximum atomic E-state index is 4.50. The van der Waals surface area contributed by atoms with E-state index in [-0.39, 0.29) is 5.41 Å². The number of rotatable bonds is 3. The summed E-state index contributed by atoms with van der Waals surface area (Å²) in [7, 11) is 0. The van der Waals surface area contributed by atoms with Crippen LogP contribution in [0.3, 0.4) is 0 Å². The zero-order valence-electron chi connectivity index (χ0n) is 12.8. The molecule has 0 amide bonds. The van der Waals surface area contributed by atoms with Crippen molar-refractivity contribution >= 4 is 11.5 Å². The van der Waals surface area contributed by atoms with E-state index in [4.69, 9.17) is 0 Å². The summed E-state index contributed by atoms with van der Waals surface area (Å²) in [4.78, 5) is 10.7. The number of aromatic nitrogens is 2. The average molecular weight is 289 g/mol. The highest BCUT2D eigenvalue weighted by Crippen LogP contribution is 2.31. The van der Waals surface area contributed by atoms with Gasteiger partial charge < -0.3 is 0 Å². The maximum absolute atomic E-state index is 4.50. The van der Waals surface area contributed by atoms with Crippen molar-refractivity contribution in [1.82, 2.24) is 9.97 Å². The minimum Gasteiger partial charge on any atom is -0.295 e. The van der Waals surface area contributed by atoms with Crippen molar-refractivity contribution in [2.75, 3.05) is 4.90 Å². The summed E-state index contributed by atoms with van der Waals surface area (Å²) in [5.74, 6) is 0.887. The molecule has 0 aliphatic heterocycles.